The topological polar surface area (TPSA) is 56.5 Å². The Balaban J connectivity index is 1.87. The summed E-state index contributed by atoms with van der Waals surface area (Å²) in [4.78, 5) is 0. The Morgan fingerprint density at radius 2 is 2.10 bits per heavy atom. The molecule has 0 amide bonds. The van der Waals surface area contributed by atoms with Crippen molar-refractivity contribution >= 4 is 0 Å². The van der Waals surface area contributed by atoms with Crippen molar-refractivity contribution in [3.63, 3.8) is 0 Å². The molecule has 0 aliphatic carbocycles. The van der Waals surface area contributed by atoms with Gasteiger partial charge >= 0.3 is 0 Å². The van der Waals surface area contributed by atoms with Crippen LogP contribution < -0.4 is 20.7 Å². The van der Waals surface area contributed by atoms with Crippen LogP contribution in [0, 0.1) is 6.92 Å². The van der Waals surface area contributed by atoms with E-state index in [1.165, 1.54) is 5.56 Å². The number of benzene rings is 2. The maximum absolute atomic E-state index is 6.05. The largest absolute Gasteiger partial charge is 0.497 e. The molecule has 2 unspecified atom stereocenters. The number of para-hydroxylation sites is 1. The van der Waals surface area contributed by atoms with Gasteiger partial charge in [0.15, 0.2) is 0 Å². The molecule has 21 heavy (non-hydrogen) atoms. The predicted molar refractivity (Wildman–Crippen MR) is 82.4 cm³/mol. The Kier molecular flexibility index (Phi) is 3.82. The molecule has 3 N–H and O–H groups in total. The number of fused-ring (bicyclic) bond motifs is 1. The number of nitrogens with one attached hydrogen (secondary N) is 1. The smallest absolute Gasteiger partial charge is 0.124 e. The predicted octanol–water partition coefficient (Wildman–Crippen LogP) is 2.51. The van der Waals surface area contributed by atoms with Gasteiger partial charge < -0.3 is 9.47 Å². The molecule has 2 aromatic carbocycles. The Bertz CT molecular complexity index is 617. The summed E-state index contributed by atoms with van der Waals surface area (Å²) in [6.45, 7) is 2.06. The molecule has 0 spiro atoms. The lowest BCUT2D eigenvalue weighted by Crippen LogP contribution is -2.39. The lowest BCUT2D eigenvalue weighted by Gasteiger charge is -2.24. The van der Waals surface area contributed by atoms with Crippen LogP contribution in [0.4, 0.5) is 0 Å². The quantitative estimate of drug-likeness (QED) is 0.669. The minimum atomic E-state index is -0.0525. The molecule has 2 atom stereocenters. The number of ether oxygens (including phenoxy) is 2. The highest BCUT2D eigenvalue weighted by atomic mass is 16.5. The lowest BCUT2D eigenvalue weighted by atomic mass is 9.94. The van der Waals surface area contributed by atoms with Crippen molar-refractivity contribution in [3.05, 3.63) is 59.2 Å². The normalized spacial score (nSPS) is 18.0. The first-order valence-corrected chi connectivity index (χ1v) is 7.08. The van der Waals surface area contributed by atoms with Crippen molar-refractivity contribution in [3.8, 4) is 11.5 Å². The summed E-state index contributed by atoms with van der Waals surface area (Å²) >= 11 is 0. The van der Waals surface area contributed by atoms with E-state index in [0.717, 1.165) is 29.0 Å². The molecule has 1 heterocycles. The van der Waals surface area contributed by atoms with Crippen LogP contribution in [0.25, 0.3) is 0 Å². The zero-order valence-electron chi connectivity index (χ0n) is 12.3. The van der Waals surface area contributed by atoms with Crippen molar-refractivity contribution in [1.29, 1.82) is 0 Å². The molecule has 3 rings (SSSR count). The molecular formula is C17H20N2O2. The zero-order chi connectivity index (χ0) is 14.8. The first kappa shape index (κ1) is 13.9. The van der Waals surface area contributed by atoms with Gasteiger partial charge in [-0.1, -0.05) is 24.3 Å². The van der Waals surface area contributed by atoms with Gasteiger partial charge in [0.2, 0.25) is 0 Å². The third-order valence-corrected chi connectivity index (χ3v) is 4.04. The minimum absolute atomic E-state index is 0.000468. The second-order valence-corrected chi connectivity index (χ2v) is 5.34. The molecule has 110 valence electrons. The van der Waals surface area contributed by atoms with Gasteiger partial charge in [0.25, 0.3) is 0 Å². The van der Waals surface area contributed by atoms with Gasteiger partial charge in [-0.2, -0.15) is 0 Å². The summed E-state index contributed by atoms with van der Waals surface area (Å²) in [7, 11) is 1.67. The van der Waals surface area contributed by atoms with Gasteiger partial charge in [-0.3, -0.25) is 5.84 Å². The van der Waals surface area contributed by atoms with E-state index >= 15 is 0 Å². The summed E-state index contributed by atoms with van der Waals surface area (Å²) in [5.74, 6) is 7.60. The first-order valence-electron chi connectivity index (χ1n) is 7.08. The van der Waals surface area contributed by atoms with Gasteiger partial charge in [-0.15, -0.1) is 0 Å². The highest BCUT2D eigenvalue weighted by Gasteiger charge is 2.31. The lowest BCUT2D eigenvalue weighted by molar-refractivity contribution is 0.178. The average molecular weight is 284 g/mol. The second kappa shape index (κ2) is 5.76. The van der Waals surface area contributed by atoms with Crippen LogP contribution in [0.2, 0.25) is 0 Å². The fourth-order valence-electron chi connectivity index (χ4n) is 2.92. The van der Waals surface area contributed by atoms with E-state index in [0.29, 0.717) is 0 Å². The Labute approximate surface area is 124 Å². The summed E-state index contributed by atoms with van der Waals surface area (Å²) in [5.41, 5.74) is 6.41. The van der Waals surface area contributed by atoms with Crippen LogP contribution >= 0.6 is 0 Å². The van der Waals surface area contributed by atoms with Gasteiger partial charge in [-0.25, -0.2) is 5.43 Å². The molecule has 0 radical (unpaired) electrons. The molecular weight excluding hydrogens is 264 g/mol. The maximum Gasteiger partial charge on any atom is 0.124 e. The summed E-state index contributed by atoms with van der Waals surface area (Å²) < 4.78 is 11.3. The van der Waals surface area contributed by atoms with Crippen LogP contribution in [0.5, 0.6) is 11.5 Å². The molecule has 1 aliphatic heterocycles. The highest BCUT2D eigenvalue weighted by Crippen LogP contribution is 2.35. The molecule has 1 aliphatic rings. The molecule has 2 aromatic rings. The van der Waals surface area contributed by atoms with Crippen LogP contribution in [0.3, 0.4) is 0 Å². The number of nitrogens with two attached hydrogens (primary N) is 1. The second-order valence-electron chi connectivity index (χ2n) is 5.34. The highest BCUT2D eigenvalue weighted by molar-refractivity contribution is 5.41. The molecule has 0 saturated heterocycles. The van der Waals surface area contributed by atoms with Crippen LogP contribution in [0.15, 0.2) is 42.5 Å². The molecule has 0 aromatic heterocycles. The number of hydrogen-bond donors (Lipinski definition) is 2. The van der Waals surface area contributed by atoms with E-state index in [9.17, 15) is 0 Å². The standard InChI is InChI=1S/C17H20N2O2/c1-11-9-13(20-2)7-8-14(11)17(19-18)16-10-12-5-3-4-6-15(12)21-16/h3-9,16-17,19H,10,18H2,1-2H3. The first-order chi connectivity index (χ1) is 10.2. The van der Waals surface area contributed by atoms with Crippen molar-refractivity contribution in [2.24, 2.45) is 5.84 Å². The third-order valence-electron chi connectivity index (χ3n) is 4.04. The van der Waals surface area contributed by atoms with Gasteiger partial charge in [0.1, 0.15) is 17.6 Å². The summed E-state index contributed by atoms with van der Waals surface area (Å²) in [6.07, 6.45) is 0.857. The van der Waals surface area contributed by atoms with Crippen LogP contribution in [-0.4, -0.2) is 13.2 Å². The van der Waals surface area contributed by atoms with Gasteiger partial charge in [-0.05, 0) is 41.8 Å². The number of hydrazine groups is 1. The Morgan fingerprint density at radius 1 is 1.29 bits per heavy atom. The Morgan fingerprint density at radius 3 is 2.76 bits per heavy atom. The zero-order valence-corrected chi connectivity index (χ0v) is 12.3. The number of methoxy groups -OCH3 is 1. The number of aryl methyl sites for hydroxylation is 1. The van der Waals surface area contributed by atoms with Crippen molar-refractivity contribution in [2.45, 2.75) is 25.5 Å². The summed E-state index contributed by atoms with van der Waals surface area (Å²) in [5, 5.41) is 0. The third kappa shape index (κ3) is 2.60. The molecule has 4 heteroatoms. The van der Waals surface area contributed by atoms with E-state index in [1.807, 2.05) is 36.4 Å². The van der Waals surface area contributed by atoms with E-state index in [1.54, 1.807) is 7.11 Å². The SMILES string of the molecule is COc1ccc(C(NN)C2Cc3ccccc3O2)c(C)c1. The number of rotatable bonds is 4. The summed E-state index contributed by atoms with van der Waals surface area (Å²) in [6, 6.07) is 14.1. The molecule has 0 saturated carbocycles. The van der Waals surface area contributed by atoms with Crippen LogP contribution in [-0.2, 0) is 6.42 Å². The van der Waals surface area contributed by atoms with E-state index in [2.05, 4.69) is 18.4 Å². The van der Waals surface area contributed by atoms with E-state index in [4.69, 9.17) is 15.3 Å². The van der Waals surface area contributed by atoms with Gasteiger partial charge in [0, 0.05) is 6.42 Å². The van der Waals surface area contributed by atoms with E-state index < -0.39 is 0 Å². The molecule has 0 fully saturated rings. The molecule has 0 bridgehead atoms. The van der Waals surface area contributed by atoms with Gasteiger partial charge in [0.05, 0.1) is 13.2 Å². The monoisotopic (exact) mass is 284 g/mol. The number of hydrogen-bond acceptors (Lipinski definition) is 4. The minimum Gasteiger partial charge on any atom is -0.497 e. The Hall–Kier alpha value is -2.04. The van der Waals surface area contributed by atoms with Crippen LogP contribution in [0.1, 0.15) is 22.7 Å². The van der Waals surface area contributed by atoms with Crippen molar-refractivity contribution in [1.82, 2.24) is 5.43 Å². The van der Waals surface area contributed by atoms with Crippen molar-refractivity contribution < 1.29 is 9.47 Å². The average Bonchev–Trinajstić information content (AvgIpc) is 2.93. The van der Waals surface area contributed by atoms with Crippen molar-refractivity contribution in [2.75, 3.05) is 7.11 Å². The maximum atomic E-state index is 6.05. The molecule has 4 nitrogen and oxygen atoms in total. The fourth-order valence-corrected chi connectivity index (χ4v) is 2.92. The van der Waals surface area contributed by atoms with E-state index in [-0.39, 0.29) is 12.1 Å². The fraction of sp³-hybridized carbons (Fsp3) is 0.294.